The summed E-state index contributed by atoms with van der Waals surface area (Å²) >= 11 is 1.61. The van der Waals surface area contributed by atoms with Crippen molar-refractivity contribution in [2.24, 2.45) is 0 Å². The molecule has 2 N–H and O–H groups in total. The van der Waals surface area contributed by atoms with Crippen molar-refractivity contribution in [2.45, 2.75) is 26.7 Å². The van der Waals surface area contributed by atoms with Crippen molar-refractivity contribution in [2.75, 3.05) is 5.73 Å². The highest BCUT2D eigenvalue weighted by atomic mass is 32.1. The number of rotatable bonds is 3. The minimum Gasteiger partial charge on any atom is -0.389 e. The summed E-state index contributed by atoms with van der Waals surface area (Å²) < 4.78 is 0. The zero-order valence-corrected chi connectivity index (χ0v) is 10.5. The number of thiazole rings is 1. The SMILES string of the molecule is CCCc1nc(-c2ccccc2C)c(N)s1. The van der Waals surface area contributed by atoms with Gasteiger partial charge in [-0.2, -0.15) is 0 Å². The fraction of sp³-hybridized carbons (Fsp3) is 0.308. The topological polar surface area (TPSA) is 38.9 Å². The molecule has 0 radical (unpaired) electrons. The van der Waals surface area contributed by atoms with Gasteiger partial charge >= 0.3 is 0 Å². The van der Waals surface area contributed by atoms with Gasteiger partial charge in [0.2, 0.25) is 0 Å². The number of nitrogens with two attached hydrogens (primary N) is 1. The van der Waals surface area contributed by atoms with E-state index < -0.39 is 0 Å². The second-order valence-electron chi connectivity index (χ2n) is 3.89. The van der Waals surface area contributed by atoms with E-state index >= 15 is 0 Å². The van der Waals surface area contributed by atoms with Crippen molar-refractivity contribution in [1.82, 2.24) is 4.98 Å². The van der Waals surface area contributed by atoms with Gasteiger partial charge in [-0.15, -0.1) is 11.3 Å². The lowest BCUT2D eigenvalue weighted by molar-refractivity contribution is 0.910. The van der Waals surface area contributed by atoms with Crippen LogP contribution in [0.25, 0.3) is 11.3 Å². The largest absolute Gasteiger partial charge is 0.389 e. The number of aromatic nitrogens is 1. The van der Waals surface area contributed by atoms with Crippen molar-refractivity contribution >= 4 is 16.3 Å². The number of benzene rings is 1. The zero-order chi connectivity index (χ0) is 11.5. The first kappa shape index (κ1) is 11.1. The molecule has 0 spiro atoms. The standard InChI is InChI=1S/C13H16N2S/c1-3-6-11-15-12(13(14)16-11)10-8-5-4-7-9(10)2/h4-5,7-8H,3,6,14H2,1-2H3. The molecule has 0 unspecified atom stereocenters. The maximum Gasteiger partial charge on any atom is 0.114 e. The van der Waals surface area contributed by atoms with Crippen LogP contribution >= 0.6 is 11.3 Å². The summed E-state index contributed by atoms with van der Waals surface area (Å²) in [5.41, 5.74) is 9.36. The fourth-order valence-corrected chi connectivity index (χ4v) is 2.68. The number of nitrogens with zero attached hydrogens (tertiary/aromatic N) is 1. The van der Waals surface area contributed by atoms with Crippen LogP contribution in [0.1, 0.15) is 23.9 Å². The summed E-state index contributed by atoms with van der Waals surface area (Å²) in [7, 11) is 0. The first-order chi connectivity index (χ1) is 7.72. The monoisotopic (exact) mass is 232 g/mol. The summed E-state index contributed by atoms with van der Waals surface area (Å²) in [6.45, 7) is 4.25. The van der Waals surface area contributed by atoms with Gasteiger partial charge < -0.3 is 5.73 Å². The molecule has 0 saturated heterocycles. The van der Waals surface area contributed by atoms with Gasteiger partial charge in [-0.1, -0.05) is 31.2 Å². The van der Waals surface area contributed by atoms with Crippen LogP contribution in [0.3, 0.4) is 0 Å². The Morgan fingerprint density at radius 3 is 2.75 bits per heavy atom. The van der Waals surface area contributed by atoms with Crippen LogP contribution in [0.5, 0.6) is 0 Å². The molecule has 0 aliphatic carbocycles. The van der Waals surface area contributed by atoms with Crippen LogP contribution in [0.15, 0.2) is 24.3 Å². The average Bonchev–Trinajstić information content (AvgIpc) is 2.61. The molecule has 0 saturated carbocycles. The van der Waals surface area contributed by atoms with E-state index in [1.807, 2.05) is 12.1 Å². The van der Waals surface area contributed by atoms with Crippen LogP contribution in [0, 0.1) is 6.92 Å². The minimum atomic E-state index is 0.831. The second kappa shape index (κ2) is 4.66. The quantitative estimate of drug-likeness (QED) is 0.877. The molecule has 2 nitrogen and oxygen atoms in total. The lowest BCUT2D eigenvalue weighted by atomic mass is 10.1. The molecule has 0 bridgehead atoms. The molecule has 16 heavy (non-hydrogen) atoms. The van der Waals surface area contributed by atoms with Crippen LogP contribution in [-0.2, 0) is 6.42 Å². The number of nitrogen functional groups attached to an aromatic ring is 1. The Morgan fingerprint density at radius 2 is 2.06 bits per heavy atom. The van der Waals surface area contributed by atoms with E-state index in [1.54, 1.807) is 11.3 Å². The highest BCUT2D eigenvalue weighted by Gasteiger charge is 2.11. The molecule has 0 amide bonds. The third-order valence-electron chi connectivity index (χ3n) is 2.56. The maximum absolute atomic E-state index is 6.03. The zero-order valence-electron chi connectivity index (χ0n) is 9.66. The molecule has 2 rings (SSSR count). The van der Waals surface area contributed by atoms with Gasteiger partial charge in [0.25, 0.3) is 0 Å². The molecule has 0 aliphatic rings. The van der Waals surface area contributed by atoms with Crippen molar-refractivity contribution < 1.29 is 0 Å². The third-order valence-corrected chi connectivity index (χ3v) is 3.51. The molecular weight excluding hydrogens is 216 g/mol. The summed E-state index contributed by atoms with van der Waals surface area (Å²) in [4.78, 5) is 4.62. The normalized spacial score (nSPS) is 10.6. The molecule has 2 aromatic rings. The van der Waals surface area contributed by atoms with Gasteiger partial charge in [0, 0.05) is 5.56 Å². The van der Waals surface area contributed by atoms with Crippen molar-refractivity contribution in [3.05, 3.63) is 34.8 Å². The van der Waals surface area contributed by atoms with Crippen molar-refractivity contribution in [3.63, 3.8) is 0 Å². The Morgan fingerprint density at radius 1 is 1.31 bits per heavy atom. The van der Waals surface area contributed by atoms with E-state index in [2.05, 4.69) is 31.0 Å². The lowest BCUT2D eigenvalue weighted by Crippen LogP contribution is -1.88. The first-order valence-electron chi connectivity index (χ1n) is 5.53. The molecular formula is C13H16N2S. The fourth-order valence-electron chi connectivity index (χ4n) is 1.73. The van der Waals surface area contributed by atoms with Crippen LogP contribution in [-0.4, -0.2) is 4.98 Å². The molecule has 84 valence electrons. The van der Waals surface area contributed by atoms with Crippen molar-refractivity contribution in [3.8, 4) is 11.3 Å². The number of hydrogen-bond donors (Lipinski definition) is 1. The number of anilines is 1. The molecule has 1 aromatic carbocycles. The predicted octanol–water partition coefficient (Wildman–Crippen LogP) is 3.65. The lowest BCUT2D eigenvalue weighted by Gasteiger charge is -2.02. The van der Waals surface area contributed by atoms with Gasteiger partial charge in [0.05, 0.1) is 5.01 Å². The molecule has 1 aromatic heterocycles. The third kappa shape index (κ3) is 2.09. The highest BCUT2D eigenvalue weighted by molar-refractivity contribution is 7.16. The molecule has 1 heterocycles. The molecule has 0 atom stereocenters. The van der Waals surface area contributed by atoms with E-state index in [0.717, 1.165) is 34.1 Å². The number of aryl methyl sites for hydroxylation is 2. The molecule has 0 fully saturated rings. The van der Waals surface area contributed by atoms with Gasteiger partial charge in [-0.05, 0) is 25.3 Å². The Hall–Kier alpha value is -1.35. The summed E-state index contributed by atoms with van der Waals surface area (Å²) in [6.07, 6.45) is 2.13. The highest BCUT2D eigenvalue weighted by Crippen LogP contribution is 2.32. The van der Waals surface area contributed by atoms with Crippen LogP contribution in [0.2, 0.25) is 0 Å². The van der Waals surface area contributed by atoms with E-state index in [-0.39, 0.29) is 0 Å². The first-order valence-corrected chi connectivity index (χ1v) is 6.35. The number of hydrogen-bond acceptors (Lipinski definition) is 3. The predicted molar refractivity (Wildman–Crippen MR) is 70.7 cm³/mol. The van der Waals surface area contributed by atoms with E-state index in [4.69, 9.17) is 5.73 Å². The van der Waals surface area contributed by atoms with Gasteiger partial charge in [0.15, 0.2) is 0 Å². The van der Waals surface area contributed by atoms with Crippen molar-refractivity contribution in [1.29, 1.82) is 0 Å². The van der Waals surface area contributed by atoms with Crippen LogP contribution in [0.4, 0.5) is 5.00 Å². The second-order valence-corrected chi connectivity index (χ2v) is 5.00. The van der Waals surface area contributed by atoms with Gasteiger partial charge in [-0.25, -0.2) is 4.98 Å². The Bertz CT molecular complexity index is 488. The minimum absolute atomic E-state index is 0.831. The summed E-state index contributed by atoms with van der Waals surface area (Å²) in [5, 5.41) is 1.97. The Balaban J connectivity index is 2.44. The van der Waals surface area contributed by atoms with E-state index in [9.17, 15) is 0 Å². The van der Waals surface area contributed by atoms with E-state index in [0.29, 0.717) is 0 Å². The smallest absolute Gasteiger partial charge is 0.114 e. The van der Waals surface area contributed by atoms with Gasteiger partial charge in [-0.3, -0.25) is 0 Å². The molecule has 0 aliphatic heterocycles. The van der Waals surface area contributed by atoms with Crippen LogP contribution < -0.4 is 5.73 Å². The Labute approximate surface area is 100 Å². The van der Waals surface area contributed by atoms with E-state index in [1.165, 1.54) is 5.56 Å². The van der Waals surface area contributed by atoms with Gasteiger partial charge in [0.1, 0.15) is 10.7 Å². The molecule has 3 heteroatoms. The average molecular weight is 232 g/mol. The summed E-state index contributed by atoms with van der Waals surface area (Å²) in [5.74, 6) is 0. The Kier molecular flexibility index (Phi) is 3.25. The maximum atomic E-state index is 6.03. The summed E-state index contributed by atoms with van der Waals surface area (Å²) in [6, 6.07) is 8.24.